The summed E-state index contributed by atoms with van der Waals surface area (Å²) in [6, 6.07) is 0. The fraction of sp³-hybridized carbons (Fsp3) is 1.00. The molecule has 0 aromatic heterocycles. The molecule has 13 heteroatoms. The van der Waals surface area contributed by atoms with Crippen molar-refractivity contribution in [1.82, 2.24) is 0 Å². The summed E-state index contributed by atoms with van der Waals surface area (Å²) in [5, 5.41) is 11.4. The summed E-state index contributed by atoms with van der Waals surface area (Å²) < 4.78 is 74.3. The first kappa shape index (κ1) is 36.9. The molecule has 0 radical (unpaired) electrons. The fourth-order valence-corrected chi connectivity index (χ4v) is 10.4. The van der Waals surface area contributed by atoms with Gasteiger partial charge in [-0.1, -0.05) is 40.0 Å². The van der Waals surface area contributed by atoms with Crippen LogP contribution in [-0.4, -0.2) is 49.9 Å². The first-order chi connectivity index (χ1) is 17.1. The van der Waals surface area contributed by atoms with Gasteiger partial charge in [-0.25, -0.2) is 16.8 Å². The van der Waals surface area contributed by atoms with Crippen molar-refractivity contribution in [1.29, 1.82) is 0 Å². The molecule has 4 rings (SSSR count). The second kappa shape index (κ2) is 14.2. The zero-order chi connectivity index (χ0) is 27.2. The van der Waals surface area contributed by atoms with E-state index in [0.717, 1.165) is 51.4 Å². The first-order valence-corrected chi connectivity index (χ1v) is 16.7. The van der Waals surface area contributed by atoms with E-state index in [1.807, 2.05) is 0 Å². The van der Waals surface area contributed by atoms with Crippen LogP contribution in [0.1, 0.15) is 97.8 Å². The molecule has 39 heavy (non-hydrogen) atoms. The molecule has 4 fully saturated rings. The van der Waals surface area contributed by atoms with Gasteiger partial charge in [-0.2, -0.15) is 0 Å². The van der Waals surface area contributed by atoms with Crippen molar-refractivity contribution in [3.05, 3.63) is 0 Å². The van der Waals surface area contributed by atoms with E-state index in [0.29, 0.717) is 49.4 Å². The van der Waals surface area contributed by atoms with E-state index in [2.05, 4.69) is 25.0 Å². The average Bonchev–Trinajstić information content (AvgIpc) is 3.12. The van der Waals surface area contributed by atoms with Gasteiger partial charge in [0.2, 0.25) is 20.8 Å². The minimum atomic E-state index is -4.73. The van der Waals surface area contributed by atoms with Gasteiger partial charge in [-0.05, 0) is 104 Å². The van der Waals surface area contributed by atoms with Crippen LogP contribution in [0.15, 0.2) is 0 Å². The van der Waals surface area contributed by atoms with Crippen LogP contribution in [0.5, 0.6) is 0 Å². The summed E-state index contributed by atoms with van der Waals surface area (Å²) in [6.07, 6.45) is 9.46. The van der Waals surface area contributed by atoms with E-state index in [1.54, 1.807) is 0 Å². The molecular weight excluding hydrogens is 566 g/mol. The van der Waals surface area contributed by atoms with Crippen molar-refractivity contribution in [2.24, 2.45) is 46.3 Å². The van der Waals surface area contributed by atoms with E-state index < -0.39 is 33.0 Å². The summed E-state index contributed by atoms with van der Waals surface area (Å²) in [5.74, 6) is 2.39. The maximum atomic E-state index is 11.4. The molecule has 0 aliphatic heterocycles. The zero-order valence-electron chi connectivity index (χ0n) is 24.3. The van der Waals surface area contributed by atoms with Gasteiger partial charge < -0.3 is 14.2 Å². The van der Waals surface area contributed by atoms with Crippen molar-refractivity contribution >= 4 is 20.8 Å². The summed E-state index contributed by atoms with van der Waals surface area (Å²) in [7, 11) is -9.34. The van der Waals surface area contributed by atoms with E-state index in [1.165, 1.54) is 0 Å². The second-order valence-electron chi connectivity index (χ2n) is 13.0. The molecule has 4 aliphatic rings. The summed E-state index contributed by atoms with van der Waals surface area (Å²) in [5.41, 5.74) is 0.211. The molecule has 0 aromatic rings. The fourth-order valence-electron chi connectivity index (χ4n) is 9.52. The molecule has 1 N–H and O–H groups in total. The molecule has 0 amide bonds. The average molecular weight is 611 g/mol. The Balaban J connectivity index is 0.00000267. The summed E-state index contributed by atoms with van der Waals surface area (Å²) >= 11 is 0. The SMILES string of the molecule is C[C@H](CCCCCOS(=O)(=O)[O-])[C@H]1CC[C@H]2[C@@H]3[C@@H](O)C[C@@H]4C[C@H](OS(=O)(=O)[O-])CC[C@]4(C)[C@H]3CC[C@]12C.[Na+].[Na+]. The molecule has 4 saturated carbocycles. The molecule has 0 heterocycles. The van der Waals surface area contributed by atoms with Crippen LogP contribution < -0.4 is 59.1 Å². The molecular formula is C26H44Na2O9S2. The van der Waals surface area contributed by atoms with Crippen molar-refractivity contribution < 1.29 is 98.5 Å². The Morgan fingerprint density at radius 1 is 0.872 bits per heavy atom. The molecule has 216 valence electrons. The normalized spacial score (nSPS) is 40.8. The minimum Gasteiger partial charge on any atom is -0.726 e. The van der Waals surface area contributed by atoms with E-state index in [-0.39, 0.29) is 88.4 Å². The van der Waals surface area contributed by atoms with Crippen LogP contribution in [-0.2, 0) is 29.2 Å². The van der Waals surface area contributed by atoms with Crippen LogP contribution in [0.4, 0.5) is 0 Å². The maximum absolute atomic E-state index is 11.4. The van der Waals surface area contributed by atoms with Crippen molar-refractivity contribution in [2.45, 2.75) is 110 Å². The molecule has 0 aromatic carbocycles. The standard InChI is InChI=1S/C26H46O9S2.2Na/c1-17(7-5-4-6-14-34-36(28,29)30)20-8-9-21-24-22(11-13-26(20,21)3)25(2)12-10-19(35-37(31,32)33)15-18(25)16-23(24)27;;/h17-24,27H,4-16H2,1-3H3,(H,28,29,30)(H,31,32,33);;/q;2*+1/p-2/t17-,18+,19-,20-,21+,22+,23+,24+,25+,26-;;/m1../s1. The van der Waals surface area contributed by atoms with Gasteiger partial charge in [-0.15, -0.1) is 0 Å². The molecule has 0 bridgehead atoms. The number of rotatable bonds is 10. The van der Waals surface area contributed by atoms with Crippen LogP contribution in [0, 0.1) is 46.3 Å². The van der Waals surface area contributed by atoms with Gasteiger partial charge in [0.25, 0.3) is 0 Å². The Morgan fingerprint density at radius 3 is 2.15 bits per heavy atom. The second-order valence-corrected chi connectivity index (χ2v) is 15.0. The van der Waals surface area contributed by atoms with Crippen molar-refractivity contribution in [2.75, 3.05) is 6.61 Å². The van der Waals surface area contributed by atoms with Crippen LogP contribution in [0.3, 0.4) is 0 Å². The van der Waals surface area contributed by atoms with E-state index in [4.69, 9.17) is 4.18 Å². The molecule has 10 atom stereocenters. The quantitative estimate of drug-likeness (QED) is 0.130. The predicted molar refractivity (Wildman–Crippen MR) is 134 cm³/mol. The first-order valence-electron chi connectivity index (χ1n) is 14.1. The Labute approximate surface area is 279 Å². The Bertz CT molecular complexity index is 1030. The number of hydrogen-bond donors (Lipinski definition) is 1. The Morgan fingerprint density at radius 2 is 1.51 bits per heavy atom. The third-order valence-corrected chi connectivity index (χ3v) is 12.1. The van der Waals surface area contributed by atoms with Crippen LogP contribution in [0.2, 0.25) is 0 Å². The smallest absolute Gasteiger partial charge is 0.726 e. The Hall–Kier alpha value is 1.70. The molecule has 4 aliphatic carbocycles. The van der Waals surface area contributed by atoms with E-state index >= 15 is 0 Å². The predicted octanol–water partition coefficient (Wildman–Crippen LogP) is -1.86. The van der Waals surface area contributed by atoms with Crippen molar-refractivity contribution in [3.63, 3.8) is 0 Å². The molecule has 0 saturated heterocycles. The molecule has 9 nitrogen and oxygen atoms in total. The van der Waals surface area contributed by atoms with Gasteiger partial charge in [0.1, 0.15) is 0 Å². The number of aliphatic hydroxyl groups is 1. The van der Waals surface area contributed by atoms with Crippen molar-refractivity contribution in [3.8, 4) is 0 Å². The Kier molecular flexibility index (Phi) is 13.4. The number of fused-ring (bicyclic) bond motifs is 5. The third-order valence-electron chi connectivity index (χ3n) is 11.2. The minimum absolute atomic E-state index is 0. The third kappa shape index (κ3) is 8.45. The zero-order valence-corrected chi connectivity index (χ0v) is 30.0. The molecule has 0 spiro atoms. The number of hydrogen-bond acceptors (Lipinski definition) is 9. The number of aliphatic hydroxyl groups excluding tert-OH is 1. The maximum Gasteiger partial charge on any atom is 1.00 e. The largest absolute Gasteiger partial charge is 1.00 e. The number of unbranched alkanes of at least 4 members (excludes halogenated alkanes) is 2. The van der Waals surface area contributed by atoms with E-state index in [9.17, 15) is 31.0 Å². The monoisotopic (exact) mass is 610 g/mol. The van der Waals surface area contributed by atoms with Gasteiger partial charge >= 0.3 is 59.1 Å². The summed E-state index contributed by atoms with van der Waals surface area (Å²) in [4.78, 5) is 0. The van der Waals surface area contributed by atoms with Gasteiger partial charge in [0.05, 0.1) is 18.8 Å². The van der Waals surface area contributed by atoms with Gasteiger partial charge in [0, 0.05) is 0 Å². The van der Waals surface area contributed by atoms with Crippen LogP contribution in [0.25, 0.3) is 0 Å². The summed E-state index contributed by atoms with van der Waals surface area (Å²) in [6.45, 7) is 7.02. The molecule has 0 unspecified atom stereocenters. The van der Waals surface area contributed by atoms with Gasteiger partial charge in [-0.3, -0.25) is 8.37 Å². The van der Waals surface area contributed by atoms with Crippen LogP contribution >= 0.6 is 0 Å². The van der Waals surface area contributed by atoms with Gasteiger partial charge in [0.15, 0.2) is 0 Å². The topological polar surface area (TPSA) is 153 Å².